The highest BCUT2D eigenvalue weighted by Gasteiger charge is 2.17. The lowest BCUT2D eigenvalue weighted by molar-refractivity contribution is 0.210. The summed E-state index contributed by atoms with van der Waals surface area (Å²) in [5.74, 6) is 2.41. The lowest BCUT2D eigenvalue weighted by Gasteiger charge is -2.11. The first-order chi connectivity index (χ1) is 12.5. The van der Waals surface area contributed by atoms with E-state index in [0.717, 1.165) is 42.8 Å². The number of nitrogens with zero attached hydrogens (tertiary/aromatic N) is 1. The number of aromatic nitrogens is 1. The van der Waals surface area contributed by atoms with Crippen molar-refractivity contribution in [3.63, 3.8) is 0 Å². The van der Waals surface area contributed by atoms with Crippen molar-refractivity contribution in [1.82, 2.24) is 10.3 Å². The molecule has 1 aromatic heterocycles. The molecule has 3 rings (SSSR count). The third-order valence-electron chi connectivity index (χ3n) is 4.34. The van der Waals surface area contributed by atoms with Crippen molar-refractivity contribution in [2.45, 2.75) is 39.7 Å². The Labute approximate surface area is 153 Å². The van der Waals surface area contributed by atoms with E-state index < -0.39 is 6.09 Å². The maximum absolute atomic E-state index is 10.9. The van der Waals surface area contributed by atoms with Crippen molar-refractivity contribution in [1.29, 1.82) is 0 Å². The molecule has 1 aliphatic rings. The molecule has 26 heavy (non-hydrogen) atoms. The molecular formula is C20H25N3O3. The van der Waals surface area contributed by atoms with E-state index >= 15 is 0 Å². The average Bonchev–Trinajstić information content (AvgIpc) is 2.77. The van der Waals surface area contributed by atoms with E-state index in [1.165, 1.54) is 18.2 Å². The van der Waals surface area contributed by atoms with Crippen LogP contribution in [0, 0.1) is 5.92 Å². The molecule has 1 aromatic carbocycles. The van der Waals surface area contributed by atoms with Crippen LogP contribution in [0.15, 0.2) is 30.5 Å². The van der Waals surface area contributed by atoms with Crippen molar-refractivity contribution < 1.29 is 14.3 Å². The highest BCUT2D eigenvalue weighted by molar-refractivity contribution is 5.68. The zero-order valence-corrected chi connectivity index (χ0v) is 15.2. The molecule has 6 heteroatoms. The largest absolute Gasteiger partial charge is 0.438 e. The number of primary amides is 1. The summed E-state index contributed by atoms with van der Waals surface area (Å²) in [6.45, 7) is 6.32. The van der Waals surface area contributed by atoms with Gasteiger partial charge in [0.15, 0.2) is 5.75 Å². The fourth-order valence-electron chi connectivity index (χ4n) is 2.95. The van der Waals surface area contributed by atoms with Crippen LogP contribution in [0.25, 0.3) is 0 Å². The zero-order chi connectivity index (χ0) is 18.5. The molecule has 0 saturated heterocycles. The second kappa shape index (κ2) is 8.19. The molecule has 1 aliphatic heterocycles. The van der Waals surface area contributed by atoms with Gasteiger partial charge in [-0.15, -0.1) is 0 Å². The van der Waals surface area contributed by atoms with Crippen LogP contribution in [0.5, 0.6) is 17.4 Å². The number of aryl methyl sites for hydroxylation is 2. The molecule has 2 aromatic rings. The molecule has 0 saturated carbocycles. The lowest BCUT2D eigenvalue weighted by Crippen LogP contribution is -2.16. The minimum Gasteiger partial charge on any atom is -0.438 e. The monoisotopic (exact) mass is 355 g/mol. The van der Waals surface area contributed by atoms with Crippen molar-refractivity contribution in [3.05, 3.63) is 47.2 Å². The Morgan fingerprint density at radius 1 is 1.31 bits per heavy atom. The molecule has 0 spiro atoms. The van der Waals surface area contributed by atoms with Crippen LogP contribution in [0.4, 0.5) is 4.79 Å². The van der Waals surface area contributed by atoms with E-state index in [1.807, 2.05) is 6.07 Å². The summed E-state index contributed by atoms with van der Waals surface area (Å²) in [7, 11) is 0. The molecular weight excluding hydrogens is 330 g/mol. The highest BCUT2D eigenvalue weighted by Crippen LogP contribution is 2.34. The first-order valence-electron chi connectivity index (χ1n) is 8.98. The molecule has 0 bridgehead atoms. The standard InChI is InChI=1S/C20H25N3O3/c1-13(2)7-8-22-11-14-3-6-18-15(9-14)4-5-16-10-17(25-20(21)24)12-23-19(16)26-18/h3,6,9-10,12-13,22H,4-5,7-8,11H2,1-2H3,(H2,21,24). The quantitative estimate of drug-likeness (QED) is 0.774. The molecule has 3 N–H and O–H groups in total. The van der Waals surface area contributed by atoms with Gasteiger partial charge < -0.3 is 20.5 Å². The summed E-state index contributed by atoms with van der Waals surface area (Å²) < 4.78 is 10.9. The van der Waals surface area contributed by atoms with Crippen LogP contribution in [-0.4, -0.2) is 17.6 Å². The molecule has 0 aliphatic carbocycles. The maximum atomic E-state index is 10.9. The van der Waals surface area contributed by atoms with Gasteiger partial charge >= 0.3 is 6.09 Å². The Morgan fingerprint density at radius 2 is 2.12 bits per heavy atom. The molecule has 0 unspecified atom stereocenters. The van der Waals surface area contributed by atoms with E-state index in [0.29, 0.717) is 17.5 Å². The van der Waals surface area contributed by atoms with Crippen LogP contribution in [-0.2, 0) is 19.4 Å². The number of ether oxygens (including phenoxy) is 2. The molecule has 2 heterocycles. The molecule has 0 fully saturated rings. The summed E-state index contributed by atoms with van der Waals surface area (Å²) in [5, 5.41) is 3.48. The number of fused-ring (bicyclic) bond motifs is 2. The summed E-state index contributed by atoms with van der Waals surface area (Å²) in [4.78, 5) is 15.2. The van der Waals surface area contributed by atoms with E-state index in [9.17, 15) is 4.79 Å². The third-order valence-corrected chi connectivity index (χ3v) is 4.34. The highest BCUT2D eigenvalue weighted by atomic mass is 16.5. The number of rotatable bonds is 6. The number of hydrogen-bond donors (Lipinski definition) is 2. The van der Waals surface area contributed by atoms with E-state index in [2.05, 4.69) is 36.3 Å². The average molecular weight is 355 g/mol. The van der Waals surface area contributed by atoms with Crippen LogP contribution in [0.3, 0.4) is 0 Å². The van der Waals surface area contributed by atoms with Gasteiger partial charge in [0.25, 0.3) is 0 Å². The topological polar surface area (TPSA) is 86.5 Å². The third kappa shape index (κ3) is 4.73. The van der Waals surface area contributed by atoms with Crippen LogP contribution in [0.1, 0.15) is 37.0 Å². The van der Waals surface area contributed by atoms with Crippen molar-refractivity contribution in [2.75, 3.05) is 6.54 Å². The smallest absolute Gasteiger partial charge is 0.410 e. The number of nitrogens with one attached hydrogen (secondary N) is 1. The summed E-state index contributed by atoms with van der Waals surface area (Å²) in [6, 6.07) is 8.02. The van der Waals surface area contributed by atoms with Gasteiger partial charge in [-0.3, -0.25) is 0 Å². The fourth-order valence-corrected chi connectivity index (χ4v) is 2.95. The normalized spacial score (nSPS) is 12.7. The Morgan fingerprint density at radius 3 is 2.88 bits per heavy atom. The van der Waals surface area contributed by atoms with Crippen molar-refractivity contribution in [2.24, 2.45) is 11.7 Å². The molecule has 0 atom stereocenters. The molecule has 138 valence electrons. The van der Waals surface area contributed by atoms with E-state index in [-0.39, 0.29) is 0 Å². The van der Waals surface area contributed by atoms with Gasteiger partial charge in [0.2, 0.25) is 5.88 Å². The van der Waals surface area contributed by atoms with Gasteiger partial charge in [0, 0.05) is 12.1 Å². The van der Waals surface area contributed by atoms with E-state index in [4.69, 9.17) is 15.2 Å². The van der Waals surface area contributed by atoms with Gasteiger partial charge in [-0.1, -0.05) is 26.0 Å². The van der Waals surface area contributed by atoms with Crippen molar-refractivity contribution in [3.8, 4) is 17.4 Å². The number of amides is 1. The first kappa shape index (κ1) is 18.2. The minimum atomic E-state index is -0.848. The number of nitrogens with two attached hydrogens (primary N) is 1. The van der Waals surface area contributed by atoms with Crippen LogP contribution < -0.4 is 20.5 Å². The van der Waals surface area contributed by atoms with Crippen molar-refractivity contribution >= 4 is 6.09 Å². The summed E-state index contributed by atoms with van der Waals surface area (Å²) in [6.07, 6.45) is 3.37. The Balaban J connectivity index is 1.69. The predicted molar refractivity (Wildman–Crippen MR) is 99.5 cm³/mol. The van der Waals surface area contributed by atoms with Crippen LogP contribution >= 0.6 is 0 Å². The van der Waals surface area contributed by atoms with E-state index in [1.54, 1.807) is 6.07 Å². The van der Waals surface area contributed by atoms with Gasteiger partial charge in [-0.2, -0.15) is 0 Å². The fraction of sp³-hybridized carbons (Fsp3) is 0.400. The minimum absolute atomic E-state index is 0.334. The SMILES string of the molecule is CC(C)CCNCc1ccc2c(c1)CCc1cc(OC(N)=O)cnc1O2. The second-order valence-corrected chi connectivity index (χ2v) is 6.96. The number of hydrogen-bond acceptors (Lipinski definition) is 5. The number of pyridine rings is 1. The Bertz CT molecular complexity index is 790. The summed E-state index contributed by atoms with van der Waals surface area (Å²) in [5.41, 5.74) is 8.36. The van der Waals surface area contributed by atoms with Gasteiger partial charge in [-0.05, 0) is 55.0 Å². The zero-order valence-electron chi connectivity index (χ0n) is 15.2. The number of carbonyl (C=O) groups excluding carboxylic acids is 1. The Hall–Kier alpha value is -2.60. The predicted octanol–water partition coefficient (Wildman–Crippen LogP) is 3.57. The van der Waals surface area contributed by atoms with Gasteiger partial charge in [-0.25, -0.2) is 9.78 Å². The van der Waals surface area contributed by atoms with Crippen LogP contribution in [0.2, 0.25) is 0 Å². The first-order valence-corrected chi connectivity index (χ1v) is 8.98. The molecule has 6 nitrogen and oxygen atoms in total. The number of benzene rings is 1. The van der Waals surface area contributed by atoms with Gasteiger partial charge in [0.05, 0.1) is 6.20 Å². The van der Waals surface area contributed by atoms with Gasteiger partial charge in [0.1, 0.15) is 5.75 Å². The molecule has 0 radical (unpaired) electrons. The summed E-state index contributed by atoms with van der Waals surface area (Å²) >= 11 is 0. The Kier molecular flexibility index (Phi) is 5.73. The maximum Gasteiger partial charge on any atom is 0.410 e. The number of carbonyl (C=O) groups is 1. The lowest BCUT2D eigenvalue weighted by atomic mass is 10.0. The second-order valence-electron chi connectivity index (χ2n) is 6.96. The molecule has 1 amide bonds.